The molecule has 0 aromatic heterocycles. The topological polar surface area (TPSA) is 66.4 Å². The summed E-state index contributed by atoms with van der Waals surface area (Å²) in [6, 6.07) is -1.14. The van der Waals surface area contributed by atoms with Gasteiger partial charge in [0.05, 0.1) is 6.42 Å². The van der Waals surface area contributed by atoms with Crippen LogP contribution in [0.2, 0.25) is 0 Å². The molecule has 2 N–H and O–H groups in total. The smallest absolute Gasteiger partial charge is 0.389 e. The zero-order chi connectivity index (χ0) is 13.6. The summed E-state index contributed by atoms with van der Waals surface area (Å²) in [6.07, 6.45) is -5.89. The van der Waals surface area contributed by atoms with Gasteiger partial charge >= 0.3 is 12.1 Å². The Kier molecular flexibility index (Phi) is 5.98. The molecule has 0 rings (SSSR count). The predicted octanol–water partition coefficient (Wildman–Crippen LogP) is 1.94. The molecule has 0 aromatic rings. The molecule has 0 aliphatic rings. The van der Waals surface area contributed by atoms with Gasteiger partial charge in [0.25, 0.3) is 0 Å². The number of hydrogen-bond acceptors (Lipinski definition) is 2. The highest BCUT2D eigenvalue weighted by Crippen LogP contribution is 2.21. The quantitative estimate of drug-likeness (QED) is 0.762. The van der Waals surface area contributed by atoms with Gasteiger partial charge in [0.15, 0.2) is 0 Å². The van der Waals surface area contributed by atoms with Crippen LogP contribution in [0.3, 0.4) is 0 Å². The molecule has 0 radical (unpaired) electrons. The van der Waals surface area contributed by atoms with Crippen LogP contribution in [0, 0.1) is 5.92 Å². The highest BCUT2D eigenvalue weighted by Gasteiger charge is 2.30. The molecule has 0 saturated carbocycles. The van der Waals surface area contributed by atoms with Gasteiger partial charge in [-0.05, 0) is 5.92 Å². The number of amides is 1. The summed E-state index contributed by atoms with van der Waals surface area (Å²) in [4.78, 5) is 22.0. The zero-order valence-corrected chi connectivity index (χ0v) is 9.67. The second kappa shape index (κ2) is 6.46. The number of aliphatic carboxylic acids is 1. The van der Waals surface area contributed by atoms with Crippen molar-refractivity contribution in [1.82, 2.24) is 5.32 Å². The first-order valence-corrected chi connectivity index (χ1v) is 5.26. The van der Waals surface area contributed by atoms with E-state index in [-0.39, 0.29) is 5.92 Å². The summed E-state index contributed by atoms with van der Waals surface area (Å²) in [6.45, 7) is 3.35. The van der Waals surface area contributed by atoms with Gasteiger partial charge in [0, 0.05) is 6.42 Å². The van der Waals surface area contributed by atoms with Crippen LogP contribution < -0.4 is 5.32 Å². The summed E-state index contributed by atoms with van der Waals surface area (Å²) in [5, 5.41) is 10.9. The van der Waals surface area contributed by atoms with Crippen molar-refractivity contribution in [2.45, 2.75) is 45.3 Å². The van der Waals surface area contributed by atoms with Gasteiger partial charge in [-0.15, -0.1) is 0 Å². The molecular weight excluding hydrogens is 239 g/mol. The van der Waals surface area contributed by atoms with E-state index >= 15 is 0 Å². The first-order chi connectivity index (χ1) is 7.67. The molecule has 2 unspecified atom stereocenters. The second-order valence-corrected chi connectivity index (χ2v) is 3.88. The maximum atomic E-state index is 11.8. The van der Waals surface area contributed by atoms with Crippen LogP contribution in [0.15, 0.2) is 0 Å². The first kappa shape index (κ1) is 15.7. The molecule has 17 heavy (non-hydrogen) atoms. The molecule has 1 amide bonds. The molecule has 0 bridgehead atoms. The summed E-state index contributed by atoms with van der Waals surface area (Å²) < 4.78 is 35.5. The molecule has 0 aliphatic heterocycles. The van der Waals surface area contributed by atoms with E-state index in [1.165, 1.54) is 0 Å². The van der Waals surface area contributed by atoms with Crippen molar-refractivity contribution in [2.24, 2.45) is 5.92 Å². The lowest BCUT2D eigenvalue weighted by Gasteiger charge is -2.20. The molecule has 0 aliphatic carbocycles. The summed E-state index contributed by atoms with van der Waals surface area (Å²) in [7, 11) is 0. The van der Waals surface area contributed by atoms with Gasteiger partial charge in [-0.3, -0.25) is 4.79 Å². The molecule has 0 spiro atoms. The van der Waals surface area contributed by atoms with Gasteiger partial charge in [-0.25, -0.2) is 4.79 Å². The van der Waals surface area contributed by atoms with Crippen molar-refractivity contribution in [1.29, 1.82) is 0 Å². The highest BCUT2D eigenvalue weighted by atomic mass is 19.4. The lowest BCUT2D eigenvalue weighted by atomic mass is 9.99. The Balaban J connectivity index is 4.28. The molecule has 0 saturated heterocycles. The van der Waals surface area contributed by atoms with Crippen LogP contribution >= 0.6 is 0 Å². The Morgan fingerprint density at radius 1 is 1.35 bits per heavy atom. The molecule has 0 heterocycles. The van der Waals surface area contributed by atoms with Crippen LogP contribution in [0.4, 0.5) is 13.2 Å². The van der Waals surface area contributed by atoms with E-state index in [1.54, 1.807) is 13.8 Å². The minimum atomic E-state index is -4.41. The highest BCUT2D eigenvalue weighted by molar-refractivity contribution is 5.83. The third-order valence-electron chi connectivity index (χ3n) is 2.43. The molecule has 0 aromatic carbocycles. The average molecular weight is 255 g/mol. The van der Waals surface area contributed by atoms with E-state index in [2.05, 4.69) is 5.32 Å². The zero-order valence-electron chi connectivity index (χ0n) is 9.67. The standard InChI is InChI=1S/C10H16F3NO3/c1-3-6(2)8(9(16)17)14-7(15)4-5-10(11,12)13/h6,8H,3-5H2,1-2H3,(H,14,15)(H,16,17). The predicted molar refractivity (Wildman–Crippen MR) is 54.3 cm³/mol. The monoisotopic (exact) mass is 255 g/mol. The van der Waals surface area contributed by atoms with Crippen LogP contribution in [0.25, 0.3) is 0 Å². The average Bonchev–Trinajstić information content (AvgIpc) is 2.20. The van der Waals surface area contributed by atoms with E-state index < -0.39 is 36.9 Å². The number of carboxylic acid groups (broad SMARTS) is 1. The minimum absolute atomic E-state index is 0.331. The number of hydrogen-bond donors (Lipinski definition) is 2. The van der Waals surface area contributed by atoms with E-state index in [0.717, 1.165) is 0 Å². The molecule has 0 fully saturated rings. The molecule has 2 atom stereocenters. The Hall–Kier alpha value is -1.27. The van der Waals surface area contributed by atoms with Crippen molar-refractivity contribution in [3.63, 3.8) is 0 Å². The Bertz CT molecular complexity index is 278. The van der Waals surface area contributed by atoms with E-state index in [1.807, 2.05) is 0 Å². The molecule has 7 heteroatoms. The lowest BCUT2D eigenvalue weighted by molar-refractivity contribution is -0.147. The number of carbonyl (C=O) groups is 2. The van der Waals surface area contributed by atoms with E-state index in [0.29, 0.717) is 6.42 Å². The summed E-state index contributed by atoms with van der Waals surface area (Å²) >= 11 is 0. The van der Waals surface area contributed by atoms with Gasteiger partial charge < -0.3 is 10.4 Å². The Morgan fingerprint density at radius 3 is 2.24 bits per heavy atom. The largest absolute Gasteiger partial charge is 0.480 e. The van der Waals surface area contributed by atoms with Gasteiger partial charge in [-0.1, -0.05) is 20.3 Å². The number of halogens is 3. The fourth-order valence-electron chi connectivity index (χ4n) is 1.18. The fourth-order valence-corrected chi connectivity index (χ4v) is 1.18. The number of rotatable bonds is 6. The SMILES string of the molecule is CCC(C)C(NC(=O)CCC(F)(F)F)C(=O)O. The molecule has 4 nitrogen and oxygen atoms in total. The Morgan fingerprint density at radius 2 is 1.88 bits per heavy atom. The van der Waals surface area contributed by atoms with Gasteiger partial charge in [-0.2, -0.15) is 13.2 Å². The van der Waals surface area contributed by atoms with Crippen molar-refractivity contribution in [2.75, 3.05) is 0 Å². The van der Waals surface area contributed by atoms with E-state index in [4.69, 9.17) is 5.11 Å². The fraction of sp³-hybridized carbons (Fsp3) is 0.800. The first-order valence-electron chi connectivity index (χ1n) is 5.26. The maximum absolute atomic E-state index is 11.8. The van der Waals surface area contributed by atoms with Gasteiger partial charge in [0.1, 0.15) is 6.04 Å². The third kappa shape index (κ3) is 6.80. The van der Waals surface area contributed by atoms with Crippen molar-refractivity contribution in [3.05, 3.63) is 0 Å². The van der Waals surface area contributed by atoms with Crippen LogP contribution in [0.5, 0.6) is 0 Å². The molecule has 100 valence electrons. The summed E-state index contributed by atoms with van der Waals surface area (Å²) in [5.41, 5.74) is 0. The van der Waals surface area contributed by atoms with Gasteiger partial charge in [0.2, 0.25) is 5.91 Å². The minimum Gasteiger partial charge on any atom is -0.480 e. The second-order valence-electron chi connectivity index (χ2n) is 3.88. The van der Waals surface area contributed by atoms with Crippen LogP contribution in [-0.4, -0.2) is 29.2 Å². The number of carboxylic acids is 1. The van der Waals surface area contributed by atoms with Crippen molar-refractivity contribution >= 4 is 11.9 Å². The van der Waals surface area contributed by atoms with Crippen molar-refractivity contribution < 1.29 is 27.9 Å². The van der Waals surface area contributed by atoms with E-state index in [9.17, 15) is 22.8 Å². The number of carbonyl (C=O) groups excluding carboxylic acids is 1. The van der Waals surface area contributed by atoms with Crippen LogP contribution in [-0.2, 0) is 9.59 Å². The van der Waals surface area contributed by atoms with Crippen molar-refractivity contribution in [3.8, 4) is 0 Å². The molecular formula is C10H16F3NO3. The van der Waals surface area contributed by atoms with Crippen LogP contribution in [0.1, 0.15) is 33.1 Å². The number of alkyl halides is 3. The summed E-state index contributed by atoms with van der Waals surface area (Å²) in [5.74, 6) is -2.46. The lowest BCUT2D eigenvalue weighted by Crippen LogP contribution is -2.45. The third-order valence-corrected chi connectivity index (χ3v) is 2.43. The number of nitrogens with one attached hydrogen (secondary N) is 1. The normalized spacial score (nSPS) is 15.1. The maximum Gasteiger partial charge on any atom is 0.389 e. The Labute approximate surface area is 97.2 Å².